The van der Waals surface area contributed by atoms with E-state index in [9.17, 15) is 4.79 Å². The van der Waals surface area contributed by atoms with Crippen molar-refractivity contribution in [3.8, 4) is 0 Å². The molecule has 1 fully saturated rings. The van der Waals surface area contributed by atoms with Gasteiger partial charge in [0.1, 0.15) is 11.6 Å². The molecule has 0 aromatic rings. The van der Waals surface area contributed by atoms with Crippen molar-refractivity contribution in [1.82, 2.24) is 10.2 Å². The summed E-state index contributed by atoms with van der Waals surface area (Å²) in [5.41, 5.74) is 5.68. The fourth-order valence-electron chi connectivity index (χ4n) is 1.55. The van der Waals surface area contributed by atoms with E-state index in [0.717, 1.165) is 0 Å². The van der Waals surface area contributed by atoms with E-state index in [4.69, 9.17) is 5.73 Å². The van der Waals surface area contributed by atoms with Gasteiger partial charge in [-0.05, 0) is 6.08 Å². The fourth-order valence-corrected chi connectivity index (χ4v) is 1.55. The van der Waals surface area contributed by atoms with Crippen LogP contribution in [0, 0.1) is 0 Å². The molecule has 5 heteroatoms. The van der Waals surface area contributed by atoms with Crippen LogP contribution in [0.1, 0.15) is 6.42 Å². The topological polar surface area (TPSA) is 70.7 Å². The summed E-state index contributed by atoms with van der Waals surface area (Å²) in [4.78, 5) is 17.0. The predicted octanol–water partition coefficient (Wildman–Crippen LogP) is -0.467. The van der Waals surface area contributed by atoms with Gasteiger partial charge in [0.15, 0.2) is 0 Å². The molecule has 2 rings (SSSR count). The second kappa shape index (κ2) is 3.26. The number of aliphatic imine (C=N–C) groups is 1. The molecule has 3 N–H and O–H groups in total. The normalized spacial score (nSPS) is 26.5. The Morgan fingerprint density at radius 2 is 2.50 bits per heavy atom. The van der Waals surface area contributed by atoms with Gasteiger partial charge in [-0.2, -0.15) is 0 Å². The van der Waals surface area contributed by atoms with Gasteiger partial charge >= 0.3 is 0 Å². The van der Waals surface area contributed by atoms with Crippen molar-refractivity contribution in [2.45, 2.75) is 12.5 Å². The average Bonchev–Trinajstić information content (AvgIpc) is 2.45. The third-order valence-electron chi connectivity index (χ3n) is 2.18. The molecule has 1 atom stereocenters. The zero-order valence-electron chi connectivity index (χ0n) is 7.73. The maximum absolute atomic E-state index is 11.5. The molecule has 0 aromatic carbocycles. The van der Waals surface area contributed by atoms with Gasteiger partial charge in [-0.25, -0.2) is 4.99 Å². The monoisotopic (exact) mass is 192 g/mol. The number of hydrogen-bond donors (Lipinski definition) is 2. The molecule has 0 aliphatic carbocycles. The molecular formula is C9H12N4O. The summed E-state index contributed by atoms with van der Waals surface area (Å²) in [5, 5.41) is 2.93. The van der Waals surface area contributed by atoms with E-state index in [1.807, 2.05) is 0 Å². The second-order valence-electron chi connectivity index (χ2n) is 3.37. The highest BCUT2D eigenvalue weighted by molar-refractivity contribution is 5.83. The first-order valence-corrected chi connectivity index (χ1v) is 4.43. The Labute approximate surface area is 82.0 Å². The minimum Gasteiger partial charge on any atom is -0.327 e. The Morgan fingerprint density at radius 1 is 1.71 bits per heavy atom. The second-order valence-corrected chi connectivity index (χ2v) is 3.37. The van der Waals surface area contributed by atoms with Gasteiger partial charge in [0.05, 0.1) is 0 Å². The van der Waals surface area contributed by atoms with Crippen molar-refractivity contribution in [2.75, 3.05) is 6.54 Å². The number of carbonyl (C=O) groups is 1. The van der Waals surface area contributed by atoms with Gasteiger partial charge in [-0.15, -0.1) is 0 Å². The van der Waals surface area contributed by atoms with Crippen LogP contribution < -0.4 is 11.1 Å². The van der Waals surface area contributed by atoms with Crippen LogP contribution in [0.15, 0.2) is 29.3 Å². The van der Waals surface area contributed by atoms with E-state index in [-0.39, 0.29) is 11.9 Å². The van der Waals surface area contributed by atoms with Crippen molar-refractivity contribution >= 4 is 12.1 Å². The number of nitrogens with zero attached hydrogens (tertiary/aromatic N) is 2. The fraction of sp³-hybridized carbons (Fsp3) is 0.333. The van der Waals surface area contributed by atoms with Gasteiger partial charge in [0, 0.05) is 25.2 Å². The van der Waals surface area contributed by atoms with Crippen LogP contribution in [-0.2, 0) is 4.79 Å². The summed E-state index contributed by atoms with van der Waals surface area (Å²) in [7, 11) is 0. The molecule has 1 amide bonds. The van der Waals surface area contributed by atoms with E-state index in [1.165, 1.54) is 0 Å². The number of likely N-dealkylation sites (tertiary alicyclic amines) is 1. The van der Waals surface area contributed by atoms with E-state index in [0.29, 0.717) is 24.6 Å². The predicted molar refractivity (Wildman–Crippen MR) is 53.2 cm³/mol. The summed E-state index contributed by atoms with van der Waals surface area (Å²) in [6.07, 6.45) is 3.76. The third kappa shape index (κ3) is 1.54. The Kier molecular flexibility index (Phi) is 2.09. The zero-order valence-corrected chi connectivity index (χ0v) is 7.73. The van der Waals surface area contributed by atoms with Gasteiger partial charge in [0.25, 0.3) is 0 Å². The molecule has 2 aliphatic rings. The highest BCUT2D eigenvalue weighted by atomic mass is 16.2. The summed E-state index contributed by atoms with van der Waals surface area (Å²) in [6.45, 7) is 4.22. The van der Waals surface area contributed by atoms with Crippen molar-refractivity contribution in [1.29, 1.82) is 0 Å². The number of carbonyl (C=O) groups excluding carboxylic acids is 1. The van der Waals surface area contributed by atoms with Gasteiger partial charge < -0.3 is 11.1 Å². The molecule has 0 saturated carbocycles. The van der Waals surface area contributed by atoms with Crippen LogP contribution >= 0.6 is 0 Å². The number of nitrogens with one attached hydrogen (secondary N) is 1. The maximum Gasteiger partial charge on any atom is 0.229 e. The summed E-state index contributed by atoms with van der Waals surface area (Å²) < 4.78 is 0. The Morgan fingerprint density at radius 3 is 3.07 bits per heavy atom. The molecule has 14 heavy (non-hydrogen) atoms. The molecule has 2 heterocycles. The first-order chi connectivity index (χ1) is 6.66. The minimum atomic E-state index is -0.0719. The molecule has 0 bridgehead atoms. The third-order valence-corrected chi connectivity index (χ3v) is 2.18. The van der Waals surface area contributed by atoms with Crippen molar-refractivity contribution in [2.24, 2.45) is 10.7 Å². The van der Waals surface area contributed by atoms with Crippen molar-refractivity contribution < 1.29 is 4.79 Å². The van der Waals surface area contributed by atoms with E-state index >= 15 is 0 Å². The Balaban J connectivity index is 2.16. The summed E-state index contributed by atoms with van der Waals surface area (Å²) in [5.74, 6) is 1.29. The molecule has 0 spiro atoms. The molecule has 74 valence electrons. The van der Waals surface area contributed by atoms with Crippen LogP contribution in [0.2, 0.25) is 0 Å². The Bertz CT molecular complexity index is 345. The molecule has 1 unspecified atom stereocenters. The molecule has 0 radical (unpaired) electrons. The van der Waals surface area contributed by atoms with E-state index < -0.39 is 0 Å². The largest absolute Gasteiger partial charge is 0.327 e. The SMILES string of the molecule is C=C1N=CC=C(N2CC(N)CC2=O)N1. The number of hydrogen-bond acceptors (Lipinski definition) is 4. The lowest BCUT2D eigenvalue weighted by atomic mass is 10.3. The van der Waals surface area contributed by atoms with Crippen LogP contribution in [0.5, 0.6) is 0 Å². The quantitative estimate of drug-likeness (QED) is 0.590. The first kappa shape index (κ1) is 8.96. The van der Waals surface area contributed by atoms with Gasteiger partial charge in [-0.3, -0.25) is 9.69 Å². The van der Waals surface area contributed by atoms with Gasteiger partial charge in [-0.1, -0.05) is 6.58 Å². The maximum atomic E-state index is 11.5. The molecule has 2 aliphatic heterocycles. The van der Waals surface area contributed by atoms with Crippen LogP contribution in [0.4, 0.5) is 0 Å². The smallest absolute Gasteiger partial charge is 0.229 e. The lowest BCUT2D eigenvalue weighted by Crippen LogP contribution is -2.35. The number of amides is 1. The number of allylic oxidation sites excluding steroid dienone is 1. The van der Waals surface area contributed by atoms with E-state index in [1.54, 1.807) is 17.2 Å². The van der Waals surface area contributed by atoms with E-state index in [2.05, 4.69) is 16.9 Å². The van der Waals surface area contributed by atoms with Crippen LogP contribution in [0.25, 0.3) is 0 Å². The zero-order chi connectivity index (χ0) is 10.1. The highest BCUT2D eigenvalue weighted by Gasteiger charge is 2.29. The Hall–Kier alpha value is -1.62. The standard InChI is InChI=1S/C9H12N4O/c1-6-11-3-2-8(12-6)13-5-7(10)4-9(13)14/h2-3,7,12H,1,4-5,10H2. The number of rotatable bonds is 1. The first-order valence-electron chi connectivity index (χ1n) is 4.43. The number of nitrogens with two attached hydrogens (primary N) is 1. The van der Waals surface area contributed by atoms with Crippen molar-refractivity contribution in [3.05, 3.63) is 24.3 Å². The molecule has 5 nitrogen and oxygen atoms in total. The summed E-state index contributed by atoms with van der Waals surface area (Å²) >= 11 is 0. The lowest BCUT2D eigenvalue weighted by molar-refractivity contribution is -0.126. The minimum absolute atomic E-state index is 0.0411. The lowest BCUT2D eigenvalue weighted by Gasteiger charge is -2.22. The highest BCUT2D eigenvalue weighted by Crippen LogP contribution is 2.15. The molecular weight excluding hydrogens is 180 g/mol. The molecule has 0 aromatic heterocycles. The summed E-state index contributed by atoms with van der Waals surface area (Å²) in [6, 6.07) is -0.0719. The average molecular weight is 192 g/mol. The van der Waals surface area contributed by atoms with Crippen LogP contribution in [0.3, 0.4) is 0 Å². The van der Waals surface area contributed by atoms with Crippen LogP contribution in [-0.4, -0.2) is 29.6 Å². The molecule has 1 saturated heterocycles. The van der Waals surface area contributed by atoms with Gasteiger partial charge in [0.2, 0.25) is 5.91 Å². The van der Waals surface area contributed by atoms with Crippen molar-refractivity contribution in [3.63, 3.8) is 0 Å².